The minimum atomic E-state index is 0.724. The quantitative estimate of drug-likeness (QED) is 0.202. The minimum Gasteiger partial charge on any atom is -0.228 e. The highest BCUT2D eigenvalue weighted by atomic mass is 14.9. The third-order valence-electron chi connectivity index (χ3n) is 8.83. The Kier molecular flexibility index (Phi) is 5.54. The summed E-state index contributed by atoms with van der Waals surface area (Å²) in [6.45, 7) is 0. The molecule has 0 spiro atoms. The molecular weight excluding hydrogens is 532 g/mol. The van der Waals surface area contributed by atoms with Gasteiger partial charge in [0.25, 0.3) is 0 Å². The molecule has 0 aliphatic heterocycles. The van der Waals surface area contributed by atoms with Crippen molar-refractivity contribution in [2.45, 2.75) is 0 Å². The number of aromatic nitrogens is 2. The molecule has 0 unspecified atom stereocenters. The van der Waals surface area contributed by atoms with Crippen molar-refractivity contribution in [2.75, 3.05) is 0 Å². The maximum atomic E-state index is 5.15. The van der Waals surface area contributed by atoms with Crippen LogP contribution >= 0.6 is 0 Å². The van der Waals surface area contributed by atoms with Crippen molar-refractivity contribution in [3.8, 4) is 33.9 Å². The van der Waals surface area contributed by atoms with Gasteiger partial charge in [-0.1, -0.05) is 146 Å². The summed E-state index contributed by atoms with van der Waals surface area (Å²) in [6.07, 6.45) is 0. The Balaban J connectivity index is 1.41. The summed E-state index contributed by atoms with van der Waals surface area (Å²) in [4.78, 5) is 10.2. The van der Waals surface area contributed by atoms with Gasteiger partial charge in [-0.15, -0.1) is 0 Å². The van der Waals surface area contributed by atoms with Gasteiger partial charge in [-0.05, 0) is 66.0 Å². The van der Waals surface area contributed by atoms with E-state index in [0.29, 0.717) is 0 Å². The molecule has 9 rings (SSSR count). The van der Waals surface area contributed by atoms with E-state index in [-0.39, 0.29) is 0 Å². The van der Waals surface area contributed by atoms with Crippen LogP contribution in [0.25, 0.3) is 87.8 Å². The summed E-state index contributed by atoms with van der Waals surface area (Å²) in [7, 11) is 0. The van der Waals surface area contributed by atoms with Crippen molar-refractivity contribution in [1.29, 1.82) is 0 Å². The van der Waals surface area contributed by atoms with Crippen LogP contribution in [0.15, 0.2) is 158 Å². The van der Waals surface area contributed by atoms with Crippen LogP contribution in [0.1, 0.15) is 0 Å². The lowest BCUT2D eigenvalue weighted by Gasteiger charge is -2.17. The van der Waals surface area contributed by atoms with E-state index in [9.17, 15) is 0 Å². The first-order valence-electron chi connectivity index (χ1n) is 15.0. The smallest absolute Gasteiger partial charge is 0.160 e. The standard InChI is InChI=1S/C42H26N2/c1-3-13-27(14-4-1)38-26-39(44-42(43-38)28-15-5-2-6-16-28)29-23-24-33-32-19-9-11-21-35(32)40-34-20-10-7-17-30(34)31-18-8-12-22-36(31)41(40)37(33)25-29/h1-26H. The van der Waals surface area contributed by atoms with Gasteiger partial charge >= 0.3 is 0 Å². The third-order valence-corrected chi connectivity index (χ3v) is 8.83. The Morgan fingerprint density at radius 3 is 1.23 bits per heavy atom. The van der Waals surface area contributed by atoms with Crippen molar-refractivity contribution in [1.82, 2.24) is 9.97 Å². The maximum absolute atomic E-state index is 5.15. The Labute approximate surface area is 254 Å². The maximum Gasteiger partial charge on any atom is 0.160 e. The fourth-order valence-corrected chi connectivity index (χ4v) is 6.85. The molecule has 204 valence electrons. The topological polar surface area (TPSA) is 25.8 Å². The average molecular weight is 559 g/mol. The normalized spacial score (nSPS) is 11.6. The zero-order valence-electron chi connectivity index (χ0n) is 23.9. The first-order chi connectivity index (χ1) is 21.8. The number of rotatable bonds is 3. The number of fused-ring (bicyclic) bond motifs is 11. The first kappa shape index (κ1) is 24.7. The summed E-state index contributed by atoms with van der Waals surface area (Å²) in [5, 5.41) is 12.7. The molecular formula is C42H26N2. The van der Waals surface area contributed by atoms with Crippen LogP contribution in [0.4, 0.5) is 0 Å². The molecule has 44 heavy (non-hydrogen) atoms. The summed E-state index contributed by atoms with van der Waals surface area (Å²) in [5.41, 5.74) is 4.97. The molecule has 1 aromatic heterocycles. The molecule has 0 bridgehead atoms. The van der Waals surface area contributed by atoms with Crippen LogP contribution in [-0.4, -0.2) is 9.97 Å². The number of benzene rings is 8. The van der Waals surface area contributed by atoms with E-state index in [4.69, 9.17) is 9.97 Å². The van der Waals surface area contributed by atoms with Crippen molar-refractivity contribution in [3.05, 3.63) is 158 Å². The molecule has 8 aromatic carbocycles. The molecule has 0 amide bonds. The van der Waals surface area contributed by atoms with Gasteiger partial charge in [-0.25, -0.2) is 9.97 Å². The Morgan fingerprint density at radius 2 is 0.682 bits per heavy atom. The number of nitrogens with zero attached hydrogens (tertiary/aromatic N) is 2. The van der Waals surface area contributed by atoms with E-state index in [1.54, 1.807) is 0 Å². The van der Waals surface area contributed by atoms with Crippen LogP contribution in [0.5, 0.6) is 0 Å². The second-order valence-electron chi connectivity index (χ2n) is 11.3. The predicted molar refractivity (Wildman–Crippen MR) is 186 cm³/mol. The van der Waals surface area contributed by atoms with Gasteiger partial charge in [-0.3, -0.25) is 0 Å². The minimum absolute atomic E-state index is 0.724. The Hall–Kier alpha value is -5.86. The van der Waals surface area contributed by atoms with Crippen molar-refractivity contribution >= 4 is 53.9 Å². The van der Waals surface area contributed by atoms with E-state index in [1.165, 1.54) is 53.9 Å². The lowest BCUT2D eigenvalue weighted by Crippen LogP contribution is -1.96. The second-order valence-corrected chi connectivity index (χ2v) is 11.3. The van der Waals surface area contributed by atoms with Crippen molar-refractivity contribution < 1.29 is 0 Å². The highest BCUT2D eigenvalue weighted by Crippen LogP contribution is 2.44. The molecule has 0 aliphatic rings. The molecule has 2 nitrogen and oxygen atoms in total. The van der Waals surface area contributed by atoms with Crippen LogP contribution in [-0.2, 0) is 0 Å². The van der Waals surface area contributed by atoms with Crippen LogP contribution in [0.3, 0.4) is 0 Å². The van der Waals surface area contributed by atoms with E-state index >= 15 is 0 Å². The van der Waals surface area contributed by atoms with E-state index < -0.39 is 0 Å². The van der Waals surface area contributed by atoms with Crippen molar-refractivity contribution in [3.63, 3.8) is 0 Å². The molecule has 0 atom stereocenters. The number of hydrogen-bond acceptors (Lipinski definition) is 2. The van der Waals surface area contributed by atoms with Crippen LogP contribution in [0.2, 0.25) is 0 Å². The zero-order valence-corrected chi connectivity index (χ0v) is 23.9. The van der Waals surface area contributed by atoms with Crippen LogP contribution < -0.4 is 0 Å². The summed E-state index contributed by atoms with van der Waals surface area (Å²) >= 11 is 0. The molecule has 9 aromatic rings. The van der Waals surface area contributed by atoms with Gasteiger partial charge in [0.2, 0.25) is 0 Å². The summed E-state index contributed by atoms with van der Waals surface area (Å²) in [5.74, 6) is 0.724. The largest absolute Gasteiger partial charge is 0.228 e. The second kappa shape index (κ2) is 9.86. The highest BCUT2D eigenvalue weighted by Gasteiger charge is 2.17. The monoisotopic (exact) mass is 558 g/mol. The Morgan fingerprint density at radius 1 is 0.273 bits per heavy atom. The average Bonchev–Trinajstić information content (AvgIpc) is 3.11. The summed E-state index contributed by atoms with van der Waals surface area (Å²) < 4.78 is 0. The molecule has 0 aliphatic carbocycles. The van der Waals surface area contributed by atoms with Gasteiger partial charge in [0.15, 0.2) is 5.82 Å². The first-order valence-corrected chi connectivity index (χ1v) is 15.0. The molecule has 2 heteroatoms. The lowest BCUT2D eigenvalue weighted by molar-refractivity contribution is 1.18. The molecule has 0 radical (unpaired) electrons. The van der Waals surface area contributed by atoms with E-state index in [0.717, 1.165) is 33.9 Å². The van der Waals surface area contributed by atoms with E-state index in [2.05, 4.69) is 133 Å². The van der Waals surface area contributed by atoms with Gasteiger partial charge < -0.3 is 0 Å². The number of hydrogen-bond donors (Lipinski definition) is 0. The molecule has 0 saturated carbocycles. The highest BCUT2D eigenvalue weighted by molar-refractivity contribution is 6.39. The lowest BCUT2D eigenvalue weighted by atomic mass is 9.86. The third kappa shape index (κ3) is 3.82. The van der Waals surface area contributed by atoms with E-state index in [1.807, 2.05) is 24.3 Å². The molecule has 0 saturated heterocycles. The fraction of sp³-hybridized carbons (Fsp3) is 0. The molecule has 0 fully saturated rings. The Bertz CT molecular complexity index is 2460. The predicted octanol–water partition coefficient (Wildman–Crippen LogP) is 11.2. The summed E-state index contributed by atoms with van der Waals surface area (Å²) in [6, 6.07) is 56.1. The van der Waals surface area contributed by atoms with Gasteiger partial charge in [-0.2, -0.15) is 0 Å². The van der Waals surface area contributed by atoms with Crippen molar-refractivity contribution in [2.24, 2.45) is 0 Å². The molecule has 1 heterocycles. The van der Waals surface area contributed by atoms with Gasteiger partial charge in [0.05, 0.1) is 11.4 Å². The SMILES string of the molecule is c1ccc(-c2cc(-c3ccc4c5ccccc5c5c6ccccc6c6ccccc6c5c4c3)nc(-c3ccccc3)n2)cc1. The van der Waals surface area contributed by atoms with Gasteiger partial charge in [0, 0.05) is 16.7 Å². The van der Waals surface area contributed by atoms with Gasteiger partial charge in [0.1, 0.15) is 0 Å². The van der Waals surface area contributed by atoms with Crippen LogP contribution in [0, 0.1) is 0 Å². The zero-order chi connectivity index (χ0) is 29.0. The fourth-order valence-electron chi connectivity index (χ4n) is 6.85. The molecule has 0 N–H and O–H groups in total.